The molecule has 1 heterocycles. The minimum Gasteiger partial charge on any atom is -0.328 e. The van der Waals surface area contributed by atoms with E-state index >= 15 is 0 Å². The highest BCUT2D eigenvalue weighted by molar-refractivity contribution is 7.72. The summed E-state index contributed by atoms with van der Waals surface area (Å²) in [6, 6.07) is 0. The first-order valence-corrected chi connectivity index (χ1v) is 9.56. The molecule has 112 valence electrons. The third-order valence-electron chi connectivity index (χ3n) is 4.83. The number of quaternary nitrogens is 1. The van der Waals surface area contributed by atoms with Crippen molar-refractivity contribution in [2.75, 3.05) is 27.2 Å². The average Bonchev–Trinajstić information content (AvgIpc) is 2.53. The quantitative estimate of drug-likeness (QED) is 0.437. The van der Waals surface area contributed by atoms with E-state index < -0.39 is 26.0 Å². The zero-order valence-electron chi connectivity index (χ0n) is 11.1. The highest BCUT2D eigenvalue weighted by Crippen LogP contribution is 2.78. The summed E-state index contributed by atoms with van der Waals surface area (Å²) in [6.45, 7) is 1.40. The maximum absolute atomic E-state index is 11.8. The molecule has 1 saturated carbocycles. The minimum absolute atomic E-state index is 0.0241. The van der Waals surface area contributed by atoms with E-state index in [0.717, 1.165) is 4.48 Å². The fourth-order valence-electron chi connectivity index (χ4n) is 3.95. The number of nitrogens with zero attached hydrogens (tertiary/aromatic N) is 1. The summed E-state index contributed by atoms with van der Waals surface area (Å²) in [4.78, 5) is 36.2. The van der Waals surface area contributed by atoms with Gasteiger partial charge in [-0.3, -0.25) is 9.13 Å². The molecule has 0 bridgehead atoms. The zero-order valence-corrected chi connectivity index (χ0v) is 12.9. The van der Waals surface area contributed by atoms with Gasteiger partial charge < -0.3 is 24.1 Å². The summed E-state index contributed by atoms with van der Waals surface area (Å²) in [5.74, 6) is -0.607. The Kier molecular flexibility index (Phi) is 3.60. The molecule has 9 heteroatoms. The second kappa shape index (κ2) is 4.38. The normalized spacial score (nSPS) is 34.0. The molecule has 0 radical (unpaired) electrons. The number of hydrogen-bond donors (Lipinski definition) is 4. The minimum atomic E-state index is -4.87. The largest absolute Gasteiger partial charge is 0.344 e. The Morgan fingerprint density at radius 3 is 2.05 bits per heavy atom. The van der Waals surface area contributed by atoms with Crippen LogP contribution in [-0.4, -0.2) is 56.1 Å². The van der Waals surface area contributed by atoms with E-state index in [1.165, 1.54) is 0 Å². The van der Waals surface area contributed by atoms with Gasteiger partial charge in [-0.15, -0.1) is 0 Å². The number of rotatable bonds is 2. The summed E-state index contributed by atoms with van der Waals surface area (Å²) in [7, 11) is -5.67. The van der Waals surface area contributed by atoms with E-state index in [1.807, 2.05) is 14.1 Å². The van der Waals surface area contributed by atoms with E-state index in [9.17, 15) is 28.7 Å². The van der Waals surface area contributed by atoms with E-state index in [-0.39, 0.29) is 12.3 Å². The van der Waals surface area contributed by atoms with Crippen molar-refractivity contribution in [1.82, 2.24) is 0 Å². The lowest BCUT2D eigenvalue weighted by molar-refractivity contribution is -0.900. The lowest BCUT2D eigenvalue weighted by Gasteiger charge is -2.44. The Bertz CT molecular complexity index is 445. The maximum atomic E-state index is 11.8. The molecule has 1 aliphatic carbocycles. The zero-order chi connectivity index (χ0) is 14.7. The first-order chi connectivity index (χ1) is 8.41. The van der Waals surface area contributed by atoms with E-state index in [0.29, 0.717) is 25.9 Å². The monoisotopic (exact) mass is 314 g/mol. The van der Waals surface area contributed by atoms with E-state index in [1.54, 1.807) is 0 Å². The van der Waals surface area contributed by atoms with E-state index in [2.05, 4.69) is 0 Å². The van der Waals surface area contributed by atoms with Crippen LogP contribution in [-0.2, 0) is 9.13 Å². The van der Waals surface area contributed by atoms with Gasteiger partial charge in [0.15, 0.2) is 4.90 Å². The van der Waals surface area contributed by atoms with Crippen LogP contribution in [0.3, 0.4) is 0 Å². The molecule has 0 aromatic rings. The summed E-state index contributed by atoms with van der Waals surface area (Å²) >= 11 is 0. The van der Waals surface area contributed by atoms with Crippen LogP contribution < -0.4 is 0 Å². The topological polar surface area (TPSA) is 115 Å². The second-order valence-corrected chi connectivity index (χ2v) is 10.6. The van der Waals surface area contributed by atoms with Crippen molar-refractivity contribution >= 4 is 15.2 Å². The third-order valence-corrected chi connectivity index (χ3v) is 9.52. The van der Waals surface area contributed by atoms with Gasteiger partial charge in [-0.05, 0) is 12.8 Å². The van der Waals surface area contributed by atoms with Gasteiger partial charge in [0.05, 0.1) is 27.2 Å². The summed E-state index contributed by atoms with van der Waals surface area (Å²) in [5.41, 5.74) is 0. The molecule has 2 unspecified atom stereocenters. The molecule has 2 atom stereocenters. The molecule has 1 aliphatic heterocycles. The van der Waals surface area contributed by atoms with Crippen LogP contribution in [0, 0.1) is 11.8 Å². The Morgan fingerprint density at radius 1 is 1.05 bits per heavy atom. The molecule has 0 amide bonds. The van der Waals surface area contributed by atoms with Gasteiger partial charge in [0.1, 0.15) is 0 Å². The van der Waals surface area contributed by atoms with Crippen molar-refractivity contribution in [2.24, 2.45) is 11.8 Å². The van der Waals surface area contributed by atoms with Crippen LogP contribution in [0.15, 0.2) is 0 Å². The molecule has 0 spiro atoms. The predicted molar refractivity (Wildman–Crippen MR) is 69.5 cm³/mol. The molecular formula is C10H22NO6P2+. The molecule has 7 nitrogen and oxygen atoms in total. The van der Waals surface area contributed by atoms with Crippen LogP contribution in [0.1, 0.15) is 19.3 Å². The van der Waals surface area contributed by atoms with Gasteiger partial charge in [-0.25, -0.2) is 0 Å². The predicted octanol–water partition coefficient (Wildman–Crippen LogP) is 0.544. The van der Waals surface area contributed by atoms with E-state index in [4.69, 9.17) is 0 Å². The Hall–Kier alpha value is 0.260. The first-order valence-electron chi connectivity index (χ1n) is 6.34. The van der Waals surface area contributed by atoms with Gasteiger partial charge >= 0.3 is 15.2 Å². The SMILES string of the molecule is C[N+]1(C)CCC2C(CCC2(P(=O)(O)O)P(=O)(O)O)C1. The molecule has 4 N–H and O–H groups in total. The number of hydrogen-bond acceptors (Lipinski definition) is 2. The van der Waals surface area contributed by atoms with Crippen molar-refractivity contribution < 1.29 is 33.2 Å². The maximum Gasteiger partial charge on any atom is 0.344 e. The summed E-state index contributed by atoms with van der Waals surface area (Å²) in [6.07, 6.45) is 0.841. The molecule has 1 saturated heterocycles. The molecule has 2 fully saturated rings. The molecule has 2 rings (SSSR count). The first kappa shape index (κ1) is 15.6. The van der Waals surface area contributed by atoms with Gasteiger partial charge in [0.25, 0.3) is 0 Å². The van der Waals surface area contributed by atoms with Crippen LogP contribution in [0.5, 0.6) is 0 Å². The van der Waals surface area contributed by atoms with Crippen molar-refractivity contribution in [3.8, 4) is 0 Å². The Morgan fingerprint density at radius 2 is 1.58 bits per heavy atom. The van der Waals surface area contributed by atoms with Gasteiger partial charge in [-0.2, -0.15) is 0 Å². The number of fused-ring (bicyclic) bond motifs is 1. The van der Waals surface area contributed by atoms with Crippen LogP contribution in [0.2, 0.25) is 0 Å². The fraction of sp³-hybridized carbons (Fsp3) is 1.00. The fourth-order valence-corrected chi connectivity index (χ4v) is 7.70. The standard InChI is InChI=1S/C10H21NO6P2/c1-11(2)6-4-9-8(7-11)3-5-10(9,18(12,13)14)19(15,16)17/h8-9H,3-7H2,1-2H3,(H3-,12,13,14,15,16,17)/p+1. The molecule has 0 aromatic carbocycles. The molecule has 2 aliphatic rings. The highest BCUT2D eigenvalue weighted by atomic mass is 31.2. The molecule has 0 aromatic heterocycles. The Labute approximate surface area is 112 Å². The van der Waals surface area contributed by atoms with Crippen LogP contribution in [0.25, 0.3) is 0 Å². The number of piperidine rings is 1. The molecular weight excluding hydrogens is 292 g/mol. The van der Waals surface area contributed by atoms with Crippen molar-refractivity contribution in [1.29, 1.82) is 0 Å². The third kappa shape index (κ3) is 2.36. The van der Waals surface area contributed by atoms with Crippen LogP contribution in [0.4, 0.5) is 0 Å². The average molecular weight is 314 g/mol. The summed E-state index contributed by atoms with van der Waals surface area (Å²) in [5, 5.41) is 0. The Balaban J connectivity index is 2.45. The highest BCUT2D eigenvalue weighted by Gasteiger charge is 2.69. The smallest absolute Gasteiger partial charge is 0.328 e. The van der Waals surface area contributed by atoms with Gasteiger partial charge in [0, 0.05) is 18.3 Å². The van der Waals surface area contributed by atoms with Crippen LogP contribution >= 0.6 is 15.2 Å². The van der Waals surface area contributed by atoms with Gasteiger partial charge in [0.2, 0.25) is 0 Å². The summed E-state index contributed by atoms with van der Waals surface area (Å²) < 4.78 is 24.4. The van der Waals surface area contributed by atoms with Crippen molar-refractivity contribution in [3.63, 3.8) is 0 Å². The van der Waals surface area contributed by atoms with Crippen molar-refractivity contribution in [3.05, 3.63) is 0 Å². The second-order valence-electron chi connectivity index (χ2n) is 6.50. The number of likely N-dealkylation sites (tertiary alicyclic amines) is 1. The van der Waals surface area contributed by atoms with Crippen molar-refractivity contribution in [2.45, 2.75) is 24.2 Å². The van der Waals surface area contributed by atoms with Gasteiger partial charge in [-0.1, -0.05) is 0 Å². The lowest BCUT2D eigenvalue weighted by Crippen LogP contribution is -2.52. The lowest BCUT2D eigenvalue weighted by atomic mass is 9.87. The molecule has 19 heavy (non-hydrogen) atoms.